The molecule has 0 aliphatic heterocycles. The number of hydrogen-bond acceptors (Lipinski definition) is 7. The van der Waals surface area contributed by atoms with Gasteiger partial charge in [-0.05, 0) is 59.6 Å². The number of carbonyl (C=O) groups excluding carboxylic acids is 4. The predicted molar refractivity (Wildman–Crippen MR) is 162 cm³/mol. The Balaban J connectivity index is 1.76. The summed E-state index contributed by atoms with van der Waals surface area (Å²) in [4.78, 5) is 55.8. The summed E-state index contributed by atoms with van der Waals surface area (Å²) in [5.41, 5.74) is 0.529. The molecule has 0 saturated heterocycles. The number of imidazole rings is 1. The van der Waals surface area contributed by atoms with Gasteiger partial charge in [-0.25, -0.2) is 9.78 Å². The minimum absolute atomic E-state index is 0.0972. The number of ether oxygens (including phenoxy) is 2. The van der Waals surface area contributed by atoms with Gasteiger partial charge in [0.05, 0.1) is 19.5 Å². The van der Waals surface area contributed by atoms with Gasteiger partial charge in [-0.3, -0.25) is 14.4 Å². The lowest BCUT2D eigenvalue weighted by Gasteiger charge is -2.29. The first-order valence-corrected chi connectivity index (χ1v) is 14.0. The molecular formula is C32H41N5O6. The normalized spacial score (nSPS) is 13.0. The average Bonchev–Trinajstić information content (AvgIpc) is 3.34. The first-order valence-electron chi connectivity index (χ1n) is 14.0. The Morgan fingerprint density at radius 1 is 0.977 bits per heavy atom. The van der Waals surface area contributed by atoms with Crippen molar-refractivity contribution in [3.63, 3.8) is 0 Å². The van der Waals surface area contributed by atoms with Crippen LogP contribution in [0.5, 0.6) is 0 Å². The number of alkyl carbamates (subject to hydrolysis) is 1. The monoisotopic (exact) mass is 591 g/mol. The summed E-state index contributed by atoms with van der Waals surface area (Å²) in [5.74, 6) is -1.12. The molecule has 43 heavy (non-hydrogen) atoms. The number of carbonyl (C=O) groups is 4. The lowest BCUT2D eigenvalue weighted by molar-refractivity contribution is -0.131. The molecule has 3 amide bonds. The third-order valence-electron chi connectivity index (χ3n) is 6.29. The molecule has 11 heteroatoms. The van der Waals surface area contributed by atoms with Gasteiger partial charge in [-0.1, -0.05) is 60.2 Å². The fourth-order valence-electron chi connectivity index (χ4n) is 4.22. The van der Waals surface area contributed by atoms with E-state index in [4.69, 9.17) is 9.47 Å². The Bertz CT molecular complexity index is 1430. The van der Waals surface area contributed by atoms with Crippen LogP contribution in [-0.4, -0.2) is 57.0 Å². The number of nitrogens with one attached hydrogen (secondary N) is 3. The van der Waals surface area contributed by atoms with E-state index in [-0.39, 0.29) is 24.8 Å². The van der Waals surface area contributed by atoms with E-state index < -0.39 is 41.1 Å². The standard InChI is InChI=1S/C32H41N5O6/c1-21-12-11-15-24(16-21)27(22(2)38)37-17-26(33-20-37)35-28(39)25(19-42-18-23-13-9-8-10-14-23)34-29(40)32(6,7)36-30(41)43-31(3,4)5/h8-17,20,25,27H,18-19H2,1-7H3,(H,34,40)(H,35,39)(H,36,41)/t25-,27?/m1/s1. The molecule has 0 radical (unpaired) electrons. The van der Waals surface area contributed by atoms with Gasteiger partial charge in [-0.2, -0.15) is 0 Å². The molecule has 0 aliphatic rings. The maximum absolute atomic E-state index is 13.4. The van der Waals surface area contributed by atoms with Crippen LogP contribution in [0.15, 0.2) is 67.1 Å². The average molecular weight is 592 g/mol. The minimum Gasteiger partial charge on any atom is -0.444 e. The number of aryl methyl sites for hydroxylation is 1. The van der Waals surface area contributed by atoms with E-state index in [1.807, 2.05) is 61.5 Å². The topological polar surface area (TPSA) is 141 Å². The van der Waals surface area contributed by atoms with Gasteiger partial charge in [-0.15, -0.1) is 0 Å². The van der Waals surface area contributed by atoms with Crippen molar-refractivity contribution in [2.24, 2.45) is 0 Å². The summed E-state index contributed by atoms with van der Waals surface area (Å²) < 4.78 is 12.7. The summed E-state index contributed by atoms with van der Waals surface area (Å²) in [7, 11) is 0. The van der Waals surface area contributed by atoms with Gasteiger partial charge in [0.2, 0.25) is 5.91 Å². The van der Waals surface area contributed by atoms with Gasteiger partial charge in [0.1, 0.15) is 23.2 Å². The second kappa shape index (κ2) is 14.1. The second-order valence-corrected chi connectivity index (χ2v) is 11.9. The zero-order chi connectivity index (χ0) is 31.8. The predicted octanol–water partition coefficient (Wildman–Crippen LogP) is 4.31. The Labute approximate surface area is 252 Å². The van der Waals surface area contributed by atoms with Gasteiger partial charge in [0, 0.05) is 6.20 Å². The van der Waals surface area contributed by atoms with E-state index >= 15 is 0 Å². The molecule has 230 valence electrons. The Morgan fingerprint density at radius 2 is 1.67 bits per heavy atom. The summed E-state index contributed by atoms with van der Waals surface area (Å²) in [5, 5.41) is 7.93. The first-order chi connectivity index (χ1) is 20.1. The highest BCUT2D eigenvalue weighted by atomic mass is 16.6. The van der Waals surface area contributed by atoms with Crippen LogP contribution in [0, 0.1) is 6.92 Å². The van der Waals surface area contributed by atoms with Gasteiger partial charge in [0.15, 0.2) is 11.6 Å². The number of Topliss-reactive ketones (excluding diaryl/α,β-unsaturated/α-hetero) is 1. The van der Waals surface area contributed by atoms with Crippen molar-refractivity contribution in [2.45, 2.75) is 78.3 Å². The highest BCUT2D eigenvalue weighted by Crippen LogP contribution is 2.22. The van der Waals surface area contributed by atoms with Crippen LogP contribution in [0.4, 0.5) is 10.6 Å². The fraction of sp³-hybridized carbons (Fsp3) is 0.406. The number of rotatable bonds is 12. The van der Waals surface area contributed by atoms with Crippen LogP contribution >= 0.6 is 0 Å². The van der Waals surface area contributed by atoms with Crippen LogP contribution < -0.4 is 16.0 Å². The van der Waals surface area contributed by atoms with Gasteiger partial charge < -0.3 is 30.0 Å². The van der Waals surface area contributed by atoms with Crippen molar-refractivity contribution in [3.05, 3.63) is 83.8 Å². The van der Waals surface area contributed by atoms with E-state index in [9.17, 15) is 19.2 Å². The third-order valence-corrected chi connectivity index (χ3v) is 6.29. The molecule has 3 aromatic rings. The van der Waals surface area contributed by atoms with Crippen LogP contribution in [0.25, 0.3) is 0 Å². The van der Waals surface area contributed by atoms with E-state index in [1.165, 1.54) is 27.1 Å². The zero-order valence-electron chi connectivity index (χ0n) is 25.8. The van der Waals surface area contributed by atoms with E-state index in [1.54, 1.807) is 31.5 Å². The fourth-order valence-corrected chi connectivity index (χ4v) is 4.22. The van der Waals surface area contributed by atoms with E-state index in [2.05, 4.69) is 20.9 Å². The highest BCUT2D eigenvalue weighted by molar-refractivity contribution is 5.98. The number of amides is 3. The maximum atomic E-state index is 13.4. The van der Waals surface area contributed by atoms with Gasteiger partial charge in [0.25, 0.3) is 5.91 Å². The number of anilines is 1. The summed E-state index contributed by atoms with van der Waals surface area (Å²) in [6.45, 7) is 11.6. The molecule has 0 spiro atoms. The lowest BCUT2D eigenvalue weighted by atomic mass is 10.0. The van der Waals surface area contributed by atoms with Crippen molar-refractivity contribution in [2.75, 3.05) is 11.9 Å². The van der Waals surface area contributed by atoms with Gasteiger partial charge >= 0.3 is 6.09 Å². The van der Waals surface area contributed by atoms with Crippen LogP contribution in [0.2, 0.25) is 0 Å². The van der Waals surface area contributed by atoms with Crippen molar-refractivity contribution in [1.82, 2.24) is 20.2 Å². The van der Waals surface area contributed by atoms with Crippen LogP contribution in [0.1, 0.15) is 64.3 Å². The molecule has 2 atom stereocenters. The number of hydrogen-bond donors (Lipinski definition) is 3. The zero-order valence-corrected chi connectivity index (χ0v) is 25.8. The quantitative estimate of drug-likeness (QED) is 0.285. The summed E-state index contributed by atoms with van der Waals surface area (Å²) in [6, 6.07) is 15.2. The van der Waals surface area contributed by atoms with Crippen LogP contribution in [0.3, 0.4) is 0 Å². The molecule has 1 heterocycles. The molecule has 0 bridgehead atoms. The van der Waals surface area contributed by atoms with Crippen molar-refractivity contribution < 1.29 is 28.7 Å². The number of ketones is 1. The Morgan fingerprint density at radius 3 is 2.30 bits per heavy atom. The second-order valence-electron chi connectivity index (χ2n) is 11.9. The molecule has 3 N–H and O–H groups in total. The number of nitrogens with zero attached hydrogens (tertiary/aromatic N) is 2. The molecule has 11 nitrogen and oxygen atoms in total. The summed E-state index contributed by atoms with van der Waals surface area (Å²) in [6.07, 6.45) is 2.26. The smallest absolute Gasteiger partial charge is 0.408 e. The minimum atomic E-state index is -1.41. The third kappa shape index (κ3) is 10.1. The SMILES string of the molecule is CC(=O)C(c1cccc(C)c1)n1cnc(NC(=O)[C@@H](COCc2ccccc2)NC(=O)C(C)(C)NC(=O)OC(C)(C)C)c1. The molecule has 1 aromatic heterocycles. The molecule has 0 saturated carbocycles. The van der Waals surface area contributed by atoms with E-state index in [0.29, 0.717) is 0 Å². The molecule has 0 fully saturated rings. The maximum Gasteiger partial charge on any atom is 0.408 e. The molecular weight excluding hydrogens is 550 g/mol. The van der Waals surface area contributed by atoms with Crippen molar-refractivity contribution in [3.8, 4) is 0 Å². The molecule has 3 rings (SSSR count). The van der Waals surface area contributed by atoms with Crippen molar-refractivity contribution in [1.29, 1.82) is 0 Å². The molecule has 0 aliphatic carbocycles. The lowest BCUT2D eigenvalue weighted by Crippen LogP contribution is -2.59. The van der Waals surface area contributed by atoms with Crippen molar-refractivity contribution >= 4 is 29.5 Å². The Kier molecular flexibility index (Phi) is 10.8. The largest absolute Gasteiger partial charge is 0.444 e. The summed E-state index contributed by atoms with van der Waals surface area (Å²) >= 11 is 0. The highest BCUT2D eigenvalue weighted by Gasteiger charge is 2.34. The molecule has 1 unspecified atom stereocenters. The first kappa shape index (κ1) is 33.0. The Hall–Kier alpha value is -4.51. The van der Waals surface area contributed by atoms with E-state index in [0.717, 1.165) is 16.7 Å². The molecule has 2 aromatic carbocycles. The number of aromatic nitrogens is 2. The van der Waals surface area contributed by atoms with Crippen LogP contribution in [-0.2, 0) is 30.5 Å². The number of benzene rings is 2.